The summed E-state index contributed by atoms with van der Waals surface area (Å²) in [6, 6.07) is 11.2. The first-order valence-electron chi connectivity index (χ1n) is 11.8. The Morgan fingerprint density at radius 2 is 1.69 bits per heavy atom. The van der Waals surface area contributed by atoms with Crippen LogP contribution in [0, 0.1) is 5.92 Å². The minimum absolute atomic E-state index is 0.0689. The number of nitrogens with one attached hydrogen (secondary N) is 1. The zero-order chi connectivity index (χ0) is 25.5. The molecular formula is C26H31N3O5S. The fraction of sp³-hybridized carbons (Fsp3) is 0.423. The normalized spacial score (nSPS) is 18.4. The van der Waals surface area contributed by atoms with Gasteiger partial charge in [0.15, 0.2) is 5.78 Å². The first kappa shape index (κ1) is 25.1. The molecule has 0 unspecified atom stereocenters. The monoisotopic (exact) mass is 497 g/mol. The average molecular weight is 498 g/mol. The van der Waals surface area contributed by atoms with Gasteiger partial charge in [0.25, 0.3) is 0 Å². The van der Waals surface area contributed by atoms with Crippen molar-refractivity contribution in [3.05, 3.63) is 53.6 Å². The molecule has 2 aliphatic heterocycles. The zero-order valence-corrected chi connectivity index (χ0v) is 21.3. The molecule has 0 bridgehead atoms. The highest BCUT2D eigenvalue weighted by molar-refractivity contribution is 7.89. The van der Waals surface area contributed by atoms with Gasteiger partial charge in [-0.05, 0) is 87.6 Å². The first-order valence-corrected chi connectivity index (χ1v) is 13.2. The molecule has 9 heteroatoms. The Bertz CT molecular complexity index is 1280. The van der Waals surface area contributed by atoms with Gasteiger partial charge in [0.2, 0.25) is 21.8 Å². The maximum atomic E-state index is 13.3. The van der Waals surface area contributed by atoms with Gasteiger partial charge in [0.05, 0.1) is 10.3 Å². The van der Waals surface area contributed by atoms with Crippen LogP contribution in [-0.2, 0) is 25.0 Å². The van der Waals surface area contributed by atoms with Crippen LogP contribution in [-0.4, -0.2) is 50.0 Å². The van der Waals surface area contributed by atoms with E-state index < -0.39 is 21.3 Å². The number of rotatable bonds is 6. The minimum atomic E-state index is -3.67. The lowest BCUT2D eigenvalue weighted by Gasteiger charge is -2.29. The summed E-state index contributed by atoms with van der Waals surface area (Å²) in [6.45, 7) is 7.84. The van der Waals surface area contributed by atoms with Gasteiger partial charge in [-0.1, -0.05) is 6.92 Å². The number of piperidine rings is 1. The molecule has 35 heavy (non-hydrogen) atoms. The number of sulfonamides is 1. The molecule has 1 N–H and O–H groups in total. The molecule has 1 fully saturated rings. The molecule has 0 spiro atoms. The van der Waals surface area contributed by atoms with E-state index in [1.807, 2.05) is 0 Å². The lowest BCUT2D eigenvalue weighted by atomic mass is 9.86. The predicted octanol–water partition coefficient (Wildman–Crippen LogP) is 3.57. The van der Waals surface area contributed by atoms with Gasteiger partial charge in [-0.25, -0.2) is 8.42 Å². The van der Waals surface area contributed by atoms with Gasteiger partial charge in [-0.3, -0.25) is 14.4 Å². The summed E-state index contributed by atoms with van der Waals surface area (Å²) >= 11 is 0. The molecule has 2 aromatic rings. The molecule has 4 rings (SSSR count). The van der Waals surface area contributed by atoms with Crippen molar-refractivity contribution in [3.63, 3.8) is 0 Å². The Hall–Kier alpha value is -3.04. The quantitative estimate of drug-likeness (QED) is 0.615. The van der Waals surface area contributed by atoms with Crippen LogP contribution >= 0.6 is 0 Å². The minimum Gasteiger partial charge on any atom is -0.325 e. The number of amides is 2. The van der Waals surface area contributed by atoms with E-state index >= 15 is 0 Å². The molecule has 0 aromatic heterocycles. The second-order valence-electron chi connectivity index (χ2n) is 9.96. The number of fused-ring (bicyclic) bond motifs is 1. The lowest BCUT2D eigenvalue weighted by Crippen LogP contribution is -2.40. The fourth-order valence-electron chi connectivity index (χ4n) is 4.64. The Morgan fingerprint density at radius 3 is 2.29 bits per heavy atom. The molecule has 2 amide bonds. The molecule has 186 valence electrons. The standard InChI is InChI=1S/C26H31N3O5S/c1-17-11-13-28(14-12-17)35(33,34)21-9-10-23-22(15-21)26(3,4)25(32)29(23)16-24(31)27-20-7-5-19(6-8-20)18(2)30/h5-10,15,17H,11-14,16H2,1-4H3,(H,27,31). The second kappa shape index (κ2) is 9.20. The van der Waals surface area contributed by atoms with Gasteiger partial charge in [-0.15, -0.1) is 0 Å². The van der Waals surface area contributed by atoms with Crippen LogP contribution in [0.4, 0.5) is 11.4 Å². The molecular weight excluding hydrogens is 466 g/mol. The van der Waals surface area contributed by atoms with E-state index in [4.69, 9.17) is 0 Å². The van der Waals surface area contributed by atoms with Crippen molar-refractivity contribution in [2.24, 2.45) is 5.92 Å². The predicted molar refractivity (Wildman–Crippen MR) is 134 cm³/mol. The van der Waals surface area contributed by atoms with Crippen LogP contribution in [0.5, 0.6) is 0 Å². The van der Waals surface area contributed by atoms with Gasteiger partial charge < -0.3 is 10.2 Å². The first-order chi connectivity index (χ1) is 16.4. The molecule has 8 nitrogen and oxygen atoms in total. The maximum absolute atomic E-state index is 13.3. The number of ketones is 1. The third kappa shape index (κ3) is 4.75. The topological polar surface area (TPSA) is 104 Å². The Morgan fingerprint density at radius 1 is 1.06 bits per heavy atom. The second-order valence-corrected chi connectivity index (χ2v) is 11.9. The molecule has 0 aliphatic carbocycles. The van der Waals surface area contributed by atoms with Crippen LogP contribution in [0.2, 0.25) is 0 Å². The van der Waals surface area contributed by atoms with Crippen molar-refractivity contribution in [1.29, 1.82) is 0 Å². The summed E-state index contributed by atoms with van der Waals surface area (Å²) in [6.07, 6.45) is 1.66. The Labute approximate surface area is 206 Å². The van der Waals surface area contributed by atoms with Crippen LogP contribution in [0.15, 0.2) is 47.4 Å². The van der Waals surface area contributed by atoms with E-state index in [1.54, 1.807) is 50.2 Å². The highest BCUT2D eigenvalue weighted by atomic mass is 32.2. The number of hydrogen-bond acceptors (Lipinski definition) is 5. The van der Waals surface area contributed by atoms with E-state index in [-0.39, 0.29) is 23.1 Å². The van der Waals surface area contributed by atoms with E-state index in [1.165, 1.54) is 22.2 Å². The van der Waals surface area contributed by atoms with Crippen molar-refractivity contribution >= 4 is 39.0 Å². The number of benzene rings is 2. The van der Waals surface area contributed by atoms with Crippen molar-refractivity contribution in [2.45, 2.75) is 50.8 Å². The van der Waals surface area contributed by atoms with Crippen molar-refractivity contribution < 1.29 is 22.8 Å². The largest absolute Gasteiger partial charge is 0.325 e. The van der Waals surface area contributed by atoms with Crippen molar-refractivity contribution in [1.82, 2.24) is 4.31 Å². The highest BCUT2D eigenvalue weighted by Crippen LogP contribution is 2.43. The zero-order valence-electron chi connectivity index (χ0n) is 20.5. The van der Waals surface area contributed by atoms with E-state index in [9.17, 15) is 22.8 Å². The summed E-state index contributed by atoms with van der Waals surface area (Å²) in [5.41, 5.74) is 1.21. The number of hydrogen-bond donors (Lipinski definition) is 1. The van der Waals surface area contributed by atoms with Crippen LogP contribution in [0.25, 0.3) is 0 Å². The van der Waals surface area contributed by atoms with E-state index in [0.29, 0.717) is 41.5 Å². The molecule has 1 saturated heterocycles. The summed E-state index contributed by atoms with van der Waals surface area (Å²) in [7, 11) is -3.67. The SMILES string of the molecule is CC(=O)c1ccc(NC(=O)CN2C(=O)C(C)(C)c3cc(S(=O)(=O)N4CCC(C)CC4)ccc32)cc1. The van der Waals surface area contributed by atoms with Crippen LogP contribution in [0.3, 0.4) is 0 Å². The fourth-order valence-corrected chi connectivity index (χ4v) is 6.13. The molecule has 0 atom stereocenters. The molecule has 0 radical (unpaired) electrons. The molecule has 2 aromatic carbocycles. The third-order valence-corrected chi connectivity index (χ3v) is 8.86. The van der Waals surface area contributed by atoms with Crippen molar-refractivity contribution in [2.75, 3.05) is 29.9 Å². The molecule has 2 aliphatic rings. The molecule has 0 saturated carbocycles. The number of carbonyl (C=O) groups is 3. The third-order valence-electron chi connectivity index (χ3n) is 6.97. The summed E-state index contributed by atoms with van der Waals surface area (Å²) < 4.78 is 28.0. The number of nitrogens with zero attached hydrogens (tertiary/aromatic N) is 2. The van der Waals surface area contributed by atoms with Gasteiger partial charge in [-0.2, -0.15) is 4.31 Å². The van der Waals surface area contributed by atoms with Gasteiger partial charge in [0, 0.05) is 30.0 Å². The number of carbonyl (C=O) groups excluding carboxylic acids is 3. The van der Waals surface area contributed by atoms with Crippen LogP contribution < -0.4 is 10.2 Å². The highest BCUT2D eigenvalue weighted by Gasteiger charge is 2.45. The summed E-state index contributed by atoms with van der Waals surface area (Å²) in [5.74, 6) is -0.224. The lowest BCUT2D eigenvalue weighted by molar-refractivity contribution is -0.124. The van der Waals surface area contributed by atoms with Gasteiger partial charge >= 0.3 is 0 Å². The van der Waals surface area contributed by atoms with Crippen molar-refractivity contribution in [3.8, 4) is 0 Å². The van der Waals surface area contributed by atoms with E-state index in [0.717, 1.165) is 12.8 Å². The Kier molecular flexibility index (Phi) is 6.59. The summed E-state index contributed by atoms with van der Waals surface area (Å²) in [5, 5.41) is 2.75. The van der Waals surface area contributed by atoms with E-state index in [2.05, 4.69) is 12.2 Å². The molecule has 2 heterocycles. The number of Topliss-reactive ketones (excluding diaryl/α,β-unsaturated/α-hetero) is 1. The van der Waals surface area contributed by atoms with Crippen LogP contribution in [0.1, 0.15) is 56.5 Å². The average Bonchev–Trinajstić information content (AvgIpc) is 3.00. The van der Waals surface area contributed by atoms with Gasteiger partial charge in [0.1, 0.15) is 6.54 Å². The Balaban J connectivity index is 1.55. The maximum Gasteiger partial charge on any atom is 0.244 e. The number of anilines is 2. The summed E-state index contributed by atoms with van der Waals surface area (Å²) in [4.78, 5) is 39.0. The smallest absolute Gasteiger partial charge is 0.244 e.